The number of hydrogen-bond donors (Lipinski definition) is 2. The van der Waals surface area contributed by atoms with Crippen LogP contribution in [-0.2, 0) is 11.2 Å². The second-order valence-corrected chi connectivity index (χ2v) is 5.31. The van der Waals surface area contributed by atoms with Crippen molar-refractivity contribution in [3.8, 4) is 18.1 Å². The predicted octanol–water partition coefficient (Wildman–Crippen LogP) is 1.86. The first-order chi connectivity index (χ1) is 9.56. The Bertz CT molecular complexity index is 497. The highest BCUT2D eigenvalue weighted by atomic mass is 79.9. The molecule has 0 radical (unpaired) electrons. The minimum Gasteiger partial charge on any atom is -0.483 e. The van der Waals surface area contributed by atoms with Crippen LogP contribution in [-0.4, -0.2) is 25.1 Å². The minimum absolute atomic E-state index is 0.0579. The van der Waals surface area contributed by atoms with Crippen LogP contribution in [0.2, 0.25) is 0 Å². The zero-order chi connectivity index (χ0) is 15.0. The van der Waals surface area contributed by atoms with Gasteiger partial charge in [0.1, 0.15) is 5.75 Å². The van der Waals surface area contributed by atoms with Crippen molar-refractivity contribution in [3.05, 3.63) is 28.2 Å². The Morgan fingerprint density at radius 1 is 1.60 bits per heavy atom. The molecule has 0 saturated heterocycles. The zero-order valence-electron chi connectivity index (χ0n) is 11.5. The Labute approximate surface area is 128 Å². The summed E-state index contributed by atoms with van der Waals surface area (Å²) in [5.74, 6) is 2.77. The van der Waals surface area contributed by atoms with Crippen molar-refractivity contribution in [2.24, 2.45) is 5.73 Å². The number of hydrogen-bond acceptors (Lipinski definition) is 3. The molecule has 0 aromatic heterocycles. The molecule has 0 aliphatic carbocycles. The maximum Gasteiger partial charge on any atom is 0.258 e. The highest BCUT2D eigenvalue weighted by Crippen LogP contribution is 2.24. The summed E-state index contributed by atoms with van der Waals surface area (Å²) in [6.07, 6.45) is 6.66. The monoisotopic (exact) mass is 338 g/mol. The van der Waals surface area contributed by atoms with E-state index in [1.165, 1.54) is 0 Å². The van der Waals surface area contributed by atoms with Gasteiger partial charge in [0, 0.05) is 10.5 Å². The van der Waals surface area contributed by atoms with Gasteiger partial charge in [-0.15, -0.1) is 6.42 Å². The molecule has 1 unspecified atom stereocenters. The Morgan fingerprint density at radius 2 is 2.35 bits per heavy atom. The average Bonchev–Trinajstić information content (AvgIpc) is 2.44. The lowest BCUT2D eigenvalue weighted by molar-refractivity contribution is -0.122. The average molecular weight is 339 g/mol. The molecule has 4 nitrogen and oxygen atoms in total. The van der Waals surface area contributed by atoms with E-state index in [1.807, 2.05) is 25.1 Å². The third-order valence-electron chi connectivity index (χ3n) is 2.78. The standard InChI is InChI=1S/C15H19BrN2O2/c1-3-7-18-15(19)10-20-14-6-5-12(16)8-11(14)9-13(17)4-2/h1,5-6,8,13H,4,7,9-10,17H2,2H3,(H,18,19). The first kappa shape index (κ1) is 16.5. The van der Waals surface area contributed by atoms with Crippen molar-refractivity contribution in [3.63, 3.8) is 0 Å². The summed E-state index contributed by atoms with van der Waals surface area (Å²) in [4.78, 5) is 11.5. The van der Waals surface area contributed by atoms with Crippen molar-refractivity contribution in [2.75, 3.05) is 13.2 Å². The van der Waals surface area contributed by atoms with Gasteiger partial charge < -0.3 is 15.8 Å². The van der Waals surface area contributed by atoms with E-state index in [1.54, 1.807) is 0 Å². The van der Waals surface area contributed by atoms with Gasteiger partial charge in [-0.2, -0.15) is 0 Å². The molecule has 108 valence electrons. The topological polar surface area (TPSA) is 64.3 Å². The molecule has 1 amide bonds. The Morgan fingerprint density at radius 3 is 3.00 bits per heavy atom. The number of rotatable bonds is 7. The molecular formula is C15H19BrN2O2. The predicted molar refractivity (Wildman–Crippen MR) is 83.5 cm³/mol. The van der Waals surface area contributed by atoms with E-state index in [9.17, 15) is 4.79 Å². The first-order valence-electron chi connectivity index (χ1n) is 6.43. The molecule has 3 N–H and O–H groups in total. The lowest BCUT2D eigenvalue weighted by atomic mass is 10.0. The second-order valence-electron chi connectivity index (χ2n) is 4.39. The van der Waals surface area contributed by atoms with Crippen LogP contribution in [0.4, 0.5) is 0 Å². The van der Waals surface area contributed by atoms with Crippen LogP contribution in [0.5, 0.6) is 5.75 Å². The largest absolute Gasteiger partial charge is 0.483 e. The summed E-state index contributed by atoms with van der Waals surface area (Å²) in [5, 5.41) is 2.55. The summed E-state index contributed by atoms with van der Waals surface area (Å²) in [6, 6.07) is 5.73. The van der Waals surface area contributed by atoms with E-state index in [0.717, 1.165) is 16.5 Å². The van der Waals surface area contributed by atoms with Crippen molar-refractivity contribution < 1.29 is 9.53 Å². The van der Waals surface area contributed by atoms with Gasteiger partial charge in [-0.25, -0.2) is 0 Å². The van der Waals surface area contributed by atoms with E-state index in [-0.39, 0.29) is 25.1 Å². The maximum absolute atomic E-state index is 11.5. The molecule has 0 aliphatic rings. The third kappa shape index (κ3) is 5.64. The van der Waals surface area contributed by atoms with Crippen LogP contribution in [0.3, 0.4) is 0 Å². The molecule has 0 aliphatic heterocycles. The number of halogens is 1. The SMILES string of the molecule is C#CCNC(=O)COc1ccc(Br)cc1CC(N)CC. The van der Waals surface area contributed by atoms with E-state index in [2.05, 4.69) is 27.2 Å². The van der Waals surface area contributed by atoms with Crippen LogP contribution in [0.15, 0.2) is 22.7 Å². The molecule has 0 saturated carbocycles. The molecule has 1 aromatic rings. The van der Waals surface area contributed by atoms with Crippen LogP contribution in [0.25, 0.3) is 0 Å². The van der Waals surface area contributed by atoms with Gasteiger partial charge in [-0.05, 0) is 36.6 Å². The third-order valence-corrected chi connectivity index (χ3v) is 3.27. The quantitative estimate of drug-likeness (QED) is 0.746. The van der Waals surface area contributed by atoms with Gasteiger partial charge in [-0.3, -0.25) is 4.79 Å². The second kappa shape index (κ2) is 8.62. The summed E-state index contributed by atoms with van der Waals surface area (Å²) in [7, 11) is 0. The van der Waals surface area contributed by atoms with Gasteiger partial charge >= 0.3 is 0 Å². The number of nitrogens with one attached hydrogen (secondary N) is 1. The van der Waals surface area contributed by atoms with Crippen molar-refractivity contribution in [1.82, 2.24) is 5.32 Å². The van der Waals surface area contributed by atoms with Crippen molar-refractivity contribution >= 4 is 21.8 Å². The van der Waals surface area contributed by atoms with E-state index in [4.69, 9.17) is 16.9 Å². The fraction of sp³-hybridized carbons (Fsp3) is 0.400. The molecule has 20 heavy (non-hydrogen) atoms. The zero-order valence-corrected chi connectivity index (χ0v) is 13.1. The Balaban J connectivity index is 2.69. The Hall–Kier alpha value is -1.51. The number of ether oxygens (including phenoxy) is 1. The number of terminal acetylenes is 1. The molecule has 0 spiro atoms. The summed E-state index contributed by atoms with van der Waals surface area (Å²) >= 11 is 3.42. The van der Waals surface area contributed by atoms with Gasteiger partial charge in [0.05, 0.1) is 6.54 Å². The van der Waals surface area contributed by atoms with Crippen LogP contribution in [0, 0.1) is 12.3 Å². The number of benzene rings is 1. The van der Waals surface area contributed by atoms with Crippen LogP contribution >= 0.6 is 15.9 Å². The number of amides is 1. The first-order valence-corrected chi connectivity index (χ1v) is 7.23. The normalized spacial score (nSPS) is 11.5. The van der Waals surface area contributed by atoms with Gasteiger partial charge in [-0.1, -0.05) is 28.8 Å². The molecule has 0 heterocycles. The van der Waals surface area contributed by atoms with Crippen LogP contribution < -0.4 is 15.8 Å². The van der Waals surface area contributed by atoms with Crippen LogP contribution in [0.1, 0.15) is 18.9 Å². The fourth-order valence-electron chi connectivity index (χ4n) is 1.62. The molecule has 1 atom stereocenters. The maximum atomic E-state index is 11.5. The molecule has 1 aromatic carbocycles. The lowest BCUT2D eigenvalue weighted by Crippen LogP contribution is -2.29. The smallest absolute Gasteiger partial charge is 0.258 e. The van der Waals surface area contributed by atoms with Crippen molar-refractivity contribution in [1.29, 1.82) is 0 Å². The minimum atomic E-state index is -0.239. The highest BCUT2D eigenvalue weighted by Gasteiger charge is 2.10. The van der Waals surface area contributed by atoms with E-state index >= 15 is 0 Å². The highest BCUT2D eigenvalue weighted by molar-refractivity contribution is 9.10. The van der Waals surface area contributed by atoms with E-state index < -0.39 is 0 Å². The molecular weight excluding hydrogens is 320 g/mol. The molecule has 0 bridgehead atoms. The van der Waals surface area contributed by atoms with Gasteiger partial charge in [0.15, 0.2) is 6.61 Å². The summed E-state index contributed by atoms with van der Waals surface area (Å²) < 4.78 is 6.50. The van der Waals surface area contributed by atoms with Gasteiger partial charge in [0.25, 0.3) is 5.91 Å². The number of carbonyl (C=O) groups excluding carboxylic acids is 1. The summed E-state index contributed by atoms with van der Waals surface area (Å²) in [5.41, 5.74) is 6.96. The number of carbonyl (C=O) groups is 1. The molecule has 0 fully saturated rings. The molecule has 5 heteroatoms. The van der Waals surface area contributed by atoms with Gasteiger partial charge in [0.2, 0.25) is 0 Å². The fourth-order valence-corrected chi connectivity index (χ4v) is 2.03. The van der Waals surface area contributed by atoms with Crippen molar-refractivity contribution in [2.45, 2.75) is 25.8 Å². The Kier molecular flexibility index (Phi) is 7.13. The summed E-state index contributed by atoms with van der Waals surface area (Å²) in [6.45, 7) is 2.18. The number of nitrogens with two attached hydrogens (primary N) is 1. The van der Waals surface area contributed by atoms with E-state index in [0.29, 0.717) is 12.2 Å². The molecule has 1 rings (SSSR count). The lowest BCUT2D eigenvalue weighted by Gasteiger charge is -2.14.